The normalized spacial score (nSPS) is 10.3. The lowest BCUT2D eigenvalue weighted by atomic mass is 10.1. The quantitative estimate of drug-likeness (QED) is 0.832. The van der Waals surface area contributed by atoms with E-state index in [9.17, 15) is 4.79 Å². The molecular weight excluding hydrogens is 307 g/mol. The smallest absolute Gasteiger partial charge is 0.257 e. The number of carbonyl (C=O) groups excluding carboxylic acids is 1. The van der Waals surface area contributed by atoms with Crippen LogP contribution in [-0.2, 0) is 0 Å². The number of halogens is 2. The highest BCUT2D eigenvalue weighted by atomic mass is 35.5. The van der Waals surface area contributed by atoms with Crippen LogP contribution >= 0.6 is 23.2 Å². The molecule has 21 heavy (non-hydrogen) atoms. The van der Waals surface area contributed by atoms with E-state index in [2.05, 4.69) is 10.6 Å². The minimum atomic E-state index is -0.204. The first-order valence-corrected chi connectivity index (χ1v) is 7.37. The van der Waals surface area contributed by atoms with Crippen molar-refractivity contribution in [2.75, 3.05) is 17.2 Å². The maximum atomic E-state index is 12.4. The van der Waals surface area contributed by atoms with Crippen LogP contribution in [0.1, 0.15) is 22.8 Å². The van der Waals surface area contributed by atoms with Crippen LogP contribution < -0.4 is 10.6 Å². The zero-order valence-electron chi connectivity index (χ0n) is 11.8. The average Bonchev–Trinajstić information content (AvgIpc) is 2.37. The second kappa shape index (κ2) is 6.83. The Morgan fingerprint density at radius 1 is 1.10 bits per heavy atom. The predicted molar refractivity (Wildman–Crippen MR) is 89.8 cm³/mol. The van der Waals surface area contributed by atoms with Crippen molar-refractivity contribution in [2.45, 2.75) is 13.8 Å². The van der Waals surface area contributed by atoms with Gasteiger partial charge < -0.3 is 10.6 Å². The monoisotopic (exact) mass is 322 g/mol. The van der Waals surface area contributed by atoms with Gasteiger partial charge in [-0.2, -0.15) is 0 Å². The van der Waals surface area contributed by atoms with Gasteiger partial charge in [-0.3, -0.25) is 4.79 Å². The zero-order valence-corrected chi connectivity index (χ0v) is 13.3. The first-order valence-electron chi connectivity index (χ1n) is 6.61. The number of benzene rings is 2. The van der Waals surface area contributed by atoms with Crippen molar-refractivity contribution in [1.29, 1.82) is 0 Å². The third kappa shape index (κ3) is 4.13. The Hall–Kier alpha value is -1.71. The number of nitrogens with one attached hydrogen (secondary N) is 2. The number of carbonyl (C=O) groups is 1. The summed E-state index contributed by atoms with van der Waals surface area (Å²) < 4.78 is 0. The van der Waals surface area contributed by atoms with E-state index in [0.29, 0.717) is 21.3 Å². The number of anilines is 2. The molecule has 0 aliphatic rings. The van der Waals surface area contributed by atoms with Crippen molar-refractivity contribution in [1.82, 2.24) is 0 Å². The topological polar surface area (TPSA) is 41.1 Å². The lowest BCUT2D eigenvalue weighted by Gasteiger charge is -2.12. The fourth-order valence-electron chi connectivity index (χ4n) is 2.02. The molecule has 3 nitrogen and oxygen atoms in total. The summed E-state index contributed by atoms with van der Waals surface area (Å²) >= 11 is 11.9. The molecule has 110 valence electrons. The van der Waals surface area contributed by atoms with E-state index >= 15 is 0 Å². The Kier molecular flexibility index (Phi) is 5.10. The van der Waals surface area contributed by atoms with Crippen LogP contribution in [0.2, 0.25) is 10.0 Å². The highest BCUT2D eigenvalue weighted by Crippen LogP contribution is 2.24. The molecule has 0 saturated heterocycles. The van der Waals surface area contributed by atoms with Crippen molar-refractivity contribution in [3.63, 3.8) is 0 Å². The lowest BCUT2D eigenvalue weighted by Crippen LogP contribution is -2.15. The summed E-state index contributed by atoms with van der Waals surface area (Å²) in [5.41, 5.74) is 3.05. The van der Waals surface area contributed by atoms with Crippen LogP contribution in [0.5, 0.6) is 0 Å². The summed E-state index contributed by atoms with van der Waals surface area (Å²) in [5.74, 6) is -0.204. The first-order chi connectivity index (χ1) is 9.99. The van der Waals surface area contributed by atoms with Gasteiger partial charge in [0.25, 0.3) is 5.91 Å². The number of hydrogen-bond acceptors (Lipinski definition) is 2. The first kappa shape index (κ1) is 15.7. The van der Waals surface area contributed by atoms with Gasteiger partial charge in [-0.05, 0) is 49.7 Å². The van der Waals surface area contributed by atoms with E-state index in [1.165, 1.54) is 0 Å². The van der Waals surface area contributed by atoms with E-state index < -0.39 is 0 Å². The Morgan fingerprint density at radius 2 is 1.76 bits per heavy atom. The molecule has 0 heterocycles. The van der Waals surface area contributed by atoms with Gasteiger partial charge in [0, 0.05) is 28.0 Å². The molecule has 2 N–H and O–H groups in total. The molecule has 0 radical (unpaired) electrons. The van der Waals surface area contributed by atoms with Gasteiger partial charge in [0.2, 0.25) is 0 Å². The molecule has 0 aromatic heterocycles. The molecule has 2 aromatic rings. The van der Waals surface area contributed by atoms with E-state index in [4.69, 9.17) is 23.2 Å². The lowest BCUT2D eigenvalue weighted by molar-refractivity contribution is 0.102. The molecule has 1 amide bonds. The largest absolute Gasteiger partial charge is 0.385 e. The van der Waals surface area contributed by atoms with Gasteiger partial charge in [-0.25, -0.2) is 0 Å². The van der Waals surface area contributed by atoms with Crippen LogP contribution in [0.4, 0.5) is 11.4 Å². The molecule has 0 saturated carbocycles. The van der Waals surface area contributed by atoms with Gasteiger partial charge >= 0.3 is 0 Å². The summed E-state index contributed by atoms with van der Waals surface area (Å²) in [6, 6.07) is 10.6. The maximum absolute atomic E-state index is 12.4. The number of amides is 1. The Balaban J connectivity index is 2.27. The van der Waals surface area contributed by atoms with Crippen molar-refractivity contribution >= 4 is 40.5 Å². The highest BCUT2D eigenvalue weighted by Gasteiger charge is 2.12. The average molecular weight is 323 g/mol. The van der Waals surface area contributed by atoms with E-state index in [1.54, 1.807) is 24.3 Å². The van der Waals surface area contributed by atoms with Crippen molar-refractivity contribution in [2.24, 2.45) is 0 Å². The van der Waals surface area contributed by atoms with Crippen molar-refractivity contribution in [3.8, 4) is 0 Å². The van der Waals surface area contributed by atoms with E-state index in [-0.39, 0.29) is 5.91 Å². The summed E-state index contributed by atoms with van der Waals surface area (Å²) in [5, 5.41) is 6.96. The minimum Gasteiger partial charge on any atom is -0.385 e. The van der Waals surface area contributed by atoms with Gasteiger partial charge in [-0.15, -0.1) is 0 Å². The molecule has 0 aliphatic heterocycles. The Bertz CT molecular complexity index is 651. The summed E-state index contributed by atoms with van der Waals surface area (Å²) in [6.07, 6.45) is 0. The van der Waals surface area contributed by atoms with E-state index in [0.717, 1.165) is 17.8 Å². The summed E-state index contributed by atoms with van der Waals surface area (Å²) in [6.45, 7) is 4.72. The molecule has 0 fully saturated rings. The number of aryl methyl sites for hydroxylation is 1. The predicted octanol–water partition coefficient (Wildman–Crippen LogP) is 4.99. The van der Waals surface area contributed by atoms with E-state index in [1.807, 2.05) is 26.0 Å². The third-order valence-electron chi connectivity index (χ3n) is 2.91. The number of hydrogen-bond donors (Lipinski definition) is 2. The molecule has 2 rings (SSSR count). The fraction of sp³-hybridized carbons (Fsp3) is 0.188. The summed E-state index contributed by atoms with van der Waals surface area (Å²) in [7, 11) is 0. The van der Waals surface area contributed by atoms with Gasteiger partial charge in [0.15, 0.2) is 0 Å². The van der Waals surface area contributed by atoms with Crippen LogP contribution in [0.25, 0.3) is 0 Å². The fourth-order valence-corrected chi connectivity index (χ4v) is 2.54. The molecule has 2 aromatic carbocycles. The molecule has 0 aliphatic carbocycles. The summed E-state index contributed by atoms with van der Waals surface area (Å²) in [4.78, 5) is 12.4. The number of rotatable bonds is 4. The molecular formula is C16H16Cl2N2O. The highest BCUT2D eigenvalue weighted by molar-refractivity contribution is 6.35. The Morgan fingerprint density at radius 3 is 2.38 bits per heavy atom. The second-order valence-corrected chi connectivity index (χ2v) is 5.56. The SMILES string of the molecule is CCNc1cc(C)ccc1C(=O)Nc1cc(Cl)cc(Cl)c1. The standard InChI is InChI=1S/C16H16Cl2N2O/c1-3-19-15-6-10(2)4-5-14(15)16(21)20-13-8-11(17)7-12(18)9-13/h4-9,19H,3H2,1-2H3,(H,20,21). The van der Waals surface area contributed by atoms with Crippen LogP contribution in [-0.4, -0.2) is 12.5 Å². The van der Waals surface area contributed by atoms with Crippen LogP contribution in [0, 0.1) is 6.92 Å². The maximum Gasteiger partial charge on any atom is 0.257 e. The molecule has 5 heteroatoms. The van der Waals surface area contributed by atoms with Crippen molar-refractivity contribution < 1.29 is 4.79 Å². The molecule has 0 atom stereocenters. The van der Waals surface area contributed by atoms with Gasteiger partial charge in [0.05, 0.1) is 5.56 Å². The molecule has 0 spiro atoms. The van der Waals surface area contributed by atoms with Crippen LogP contribution in [0.3, 0.4) is 0 Å². The zero-order chi connectivity index (χ0) is 15.4. The Labute approximate surface area is 134 Å². The second-order valence-electron chi connectivity index (χ2n) is 4.69. The van der Waals surface area contributed by atoms with Crippen LogP contribution in [0.15, 0.2) is 36.4 Å². The molecule has 0 unspecified atom stereocenters. The molecule has 0 bridgehead atoms. The van der Waals surface area contributed by atoms with Crippen molar-refractivity contribution in [3.05, 3.63) is 57.6 Å². The van der Waals surface area contributed by atoms with Gasteiger partial charge in [-0.1, -0.05) is 29.3 Å². The van der Waals surface area contributed by atoms with Gasteiger partial charge in [0.1, 0.15) is 0 Å². The third-order valence-corrected chi connectivity index (χ3v) is 3.34. The minimum absolute atomic E-state index is 0.204.